The summed E-state index contributed by atoms with van der Waals surface area (Å²) in [6.45, 7) is 0.0196. The summed E-state index contributed by atoms with van der Waals surface area (Å²) < 4.78 is 10.4. The smallest absolute Gasteiger partial charge is 0.306 e. The average molecular weight is 381 g/mol. The molecular weight excluding hydrogens is 362 g/mol. The number of Topliss-reactive ketones (excluding diaryl/α,β-unsaturated/α-hetero) is 1. The van der Waals surface area contributed by atoms with Crippen molar-refractivity contribution in [2.75, 3.05) is 6.26 Å². The lowest BCUT2D eigenvalue weighted by Crippen LogP contribution is -2.08. The lowest BCUT2D eigenvalue weighted by molar-refractivity contribution is -0.145. The number of ketones is 1. The van der Waals surface area contributed by atoms with E-state index in [1.165, 1.54) is 0 Å². The minimum atomic E-state index is -0.437. The third-order valence-electron chi connectivity index (χ3n) is 3.97. The van der Waals surface area contributed by atoms with Gasteiger partial charge in [-0.05, 0) is 18.4 Å². The van der Waals surface area contributed by atoms with Crippen LogP contribution in [0.15, 0.2) is 70.1 Å². The Balaban J connectivity index is 1.45. The molecule has 138 valence electrons. The highest BCUT2D eigenvalue weighted by atomic mass is 32.2. The van der Waals surface area contributed by atoms with E-state index in [-0.39, 0.29) is 25.2 Å². The molecule has 3 aromatic rings. The van der Waals surface area contributed by atoms with Gasteiger partial charge >= 0.3 is 5.97 Å². The highest BCUT2D eigenvalue weighted by Gasteiger charge is 2.12. The summed E-state index contributed by atoms with van der Waals surface area (Å²) in [6, 6.07) is 18.6. The maximum absolute atomic E-state index is 12.1. The number of rotatable bonds is 8. The van der Waals surface area contributed by atoms with Gasteiger partial charge in [0.05, 0.1) is 6.42 Å². The van der Waals surface area contributed by atoms with Gasteiger partial charge in [0, 0.05) is 28.5 Å². The van der Waals surface area contributed by atoms with Crippen molar-refractivity contribution in [3.63, 3.8) is 0 Å². The van der Waals surface area contributed by atoms with Crippen LogP contribution in [0, 0.1) is 0 Å². The number of thioether (sulfide) groups is 1. The Bertz CT molecular complexity index is 903. The number of hydrogen-bond donors (Lipinski definition) is 0. The van der Waals surface area contributed by atoms with Crippen molar-refractivity contribution in [3.8, 4) is 11.3 Å². The molecule has 0 saturated carbocycles. The van der Waals surface area contributed by atoms with Gasteiger partial charge in [0.25, 0.3) is 0 Å². The molecule has 27 heavy (non-hydrogen) atoms. The maximum Gasteiger partial charge on any atom is 0.306 e. The summed E-state index contributed by atoms with van der Waals surface area (Å²) in [7, 11) is 0. The van der Waals surface area contributed by atoms with Crippen LogP contribution in [0.1, 0.15) is 28.9 Å². The van der Waals surface area contributed by atoms with Crippen LogP contribution in [0.3, 0.4) is 0 Å². The lowest BCUT2D eigenvalue weighted by Gasteiger charge is -2.03. The van der Waals surface area contributed by atoms with Crippen molar-refractivity contribution >= 4 is 23.5 Å². The number of carbonyl (C=O) groups excluding carboxylic acids is 2. The highest BCUT2D eigenvalue weighted by molar-refractivity contribution is 7.98. The van der Waals surface area contributed by atoms with E-state index in [1.807, 2.05) is 48.7 Å². The van der Waals surface area contributed by atoms with Crippen LogP contribution >= 0.6 is 11.8 Å². The number of ether oxygens (including phenoxy) is 1. The first-order chi connectivity index (χ1) is 13.2. The Kier molecular flexibility index (Phi) is 6.44. The van der Waals surface area contributed by atoms with Gasteiger partial charge in [-0.15, -0.1) is 11.8 Å². The molecule has 0 saturated heterocycles. The fourth-order valence-corrected chi connectivity index (χ4v) is 2.89. The predicted molar refractivity (Wildman–Crippen MR) is 104 cm³/mol. The summed E-state index contributed by atoms with van der Waals surface area (Å²) in [6.07, 6.45) is 2.13. The summed E-state index contributed by atoms with van der Waals surface area (Å²) in [5.74, 6) is 0.103. The fourth-order valence-electron chi connectivity index (χ4n) is 2.48. The first-order valence-electron chi connectivity index (χ1n) is 8.49. The molecule has 2 aromatic carbocycles. The van der Waals surface area contributed by atoms with Crippen molar-refractivity contribution in [1.29, 1.82) is 0 Å². The molecule has 0 atom stereocenters. The molecule has 0 aliphatic carbocycles. The van der Waals surface area contributed by atoms with Crippen LogP contribution in [0.25, 0.3) is 11.3 Å². The number of aromatic nitrogens is 1. The molecule has 0 bridgehead atoms. The van der Waals surface area contributed by atoms with Crippen molar-refractivity contribution in [3.05, 3.63) is 71.9 Å². The summed E-state index contributed by atoms with van der Waals surface area (Å²) in [5.41, 5.74) is 2.03. The summed E-state index contributed by atoms with van der Waals surface area (Å²) in [5, 5.41) is 3.90. The molecule has 0 unspecified atom stereocenters. The number of carbonyl (C=O) groups is 2. The molecule has 6 heteroatoms. The SMILES string of the molecule is CSc1ccc(C(=O)CCC(=O)OCc2cc(-c3ccccc3)on2)cc1. The van der Waals surface area contributed by atoms with Crippen LogP contribution in [-0.2, 0) is 16.1 Å². The minimum absolute atomic E-state index is 0.0196. The van der Waals surface area contributed by atoms with Crippen molar-refractivity contribution < 1.29 is 18.8 Å². The van der Waals surface area contributed by atoms with E-state index < -0.39 is 5.97 Å². The van der Waals surface area contributed by atoms with Crippen LogP contribution in [-0.4, -0.2) is 23.2 Å². The van der Waals surface area contributed by atoms with Crippen LogP contribution < -0.4 is 0 Å². The van der Waals surface area contributed by atoms with Gasteiger partial charge in [0.15, 0.2) is 11.5 Å². The molecular formula is C21H19NO4S. The second kappa shape index (κ2) is 9.19. The highest BCUT2D eigenvalue weighted by Crippen LogP contribution is 2.20. The minimum Gasteiger partial charge on any atom is -0.459 e. The third kappa shape index (κ3) is 5.31. The molecule has 0 aliphatic heterocycles. The molecule has 0 amide bonds. The van der Waals surface area contributed by atoms with Gasteiger partial charge < -0.3 is 9.26 Å². The van der Waals surface area contributed by atoms with Gasteiger partial charge in [-0.1, -0.05) is 47.6 Å². The molecule has 1 aromatic heterocycles. The number of esters is 1. The van der Waals surface area contributed by atoms with Crippen molar-refractivity contribution in [2.45, 2.75) is 24.3 Å². The summed E-state index contributed by atoms with van der Waals surface area (Å²) in [4.78, 5) is 25.1. The number of benzene rings is 2. The number of hydrogen-bond acceptors (Lipinski definition) is 6. The topological polar surface area (TPSA) is 69.4 Å². The van der Waals surface area contributed by atoms with Gasteiger partial charge in [-0.25, -0.2) is 0 Å². The molecule has 1 heterocycles. The first kappa shape index (κ1) is 18.9. The molecule has 0 aliphatic rings. The van der Waals surface area contributed by atoms with E-state index in [0.717, 1.165) is 10.5 Å². The zero-order valence-electron chi connectivity index (χ0n) is 14.9. The van der Waals surface area contributed by atoms with E-state index in [9.17, 15) is 9.59 Å². The second-order valence-electron chi connectivity index (χ2n) is 5.86. The predicted octanol–water partition coefficient (Wildman–Crippen LogP) is 4.77. The van der Waals surface area contributed by atoms with E-state index in [2.05, 4.69) is 5.16 Å². The van der Waals surface area contributed by atoms with Gasteiger partial charge in [0.2, 0.25) is 0 Å². The lowest BCUT2D eigenvalue weighted by atomic mass is 10.1. The van der Waals surface area contributed by atoms with E-state index in [4.69, 9.17) is 9.26 Å². The molecule has 0 N–H and O–H groups in total. The van der Waals surface area contributed by atoms with Crippen molar-refractivity contribution in [2.24, 2.45) is 0 Å². The Hall–Kier alpha value is -2.86. The van der Waals surface area contributed by atoms with Crippen LogP contribution in [0.2, 0.25) is 0 Å². The largest absolute Gasteiger partial charge is 0.459 e. The Morgan fingerprint density at radius 1 is 1.04 bits per heavy atom. The van der Waals surface area contributed by atoms with Gasteiger partial charge in [-0.3, -0.25) is 9.59 Å². The zero-order chi connectivity index (χ0) is 19.1. The van der Waals surface area contributed by atoms with Gasteiger partial charge in [-0.2, -0.15) is 0 Å². The Labute approximate surface area is 161 Å². The summed E-state index contributed by atoms with van der Waals surface area (Å²) >= 11 is 1.61. The normalized spacial score (nSPS) is 10.6. The molecule has 0 radical (unpaired) electrons. The van der Waals surface area contributed by atoms with E-state index in [0.29, 0.717) is 17.0 Å². The standard InChI is InChI=1S/C21H19NO4S/c1-27-18-9-7-15(8-10-18)19(23)11-12-21(24)25-14-17-13-20(26-22-17)16-5-3-2-4-6-16/h2-10,13H,11-12,14H2,1H3. The average Bonchev–Trinajstić information content (AvgIpc) is 3.20. The number of nitrogens with zero attached hydrogens (tertiary/aromatic N) is 1. The van der Waals surface area contributed by atoms with Crippen LogP contribution in [0.4, 0.5) is 0 Å². The van der Waals surface area contributed by atoms with E-state index >= 15 is 0 Å². The second-order valence-corrected chi connectivity index (χ2v) is 6.74. The fraction of sp³-hybridized carbons (Fsp3) is 0.190. The molecule has 3 rings (SSSR count). The zero-order valence-corrected chi connectivity index (χ0v) is 15.7. The van der Waals surface area contributed by atoms with E-state index in [1.54, 1.807) is 30.0 Å². The quantitative estimate of drug-likeness (QED) is 0.318. The third-order valence-corrected chi connectivity index (χ3v) is 4.71. The Morgan fingerprint density at radius 2 is 1.78 bits per heavy atom. The monoisotopic (exact) mass is 381 g/mol. The van der Waals surface area contributed by atoms with Gasteiger partial charge in [0.1, 0.15) is 12.3 Å². The Morgan fingerprint density at radius 3 is 2.48 bits per heavy atom. The molecule has 0 spiro atoms. The maximum atomic E-state index is 12.1. The van der Waals surface area contributed by atoms with Crippen LogP contribution in [0.5, 0.6) is 0 Å². The first-order valence-corrected chi connectivity index (χ1v) is 9.72. The molecule has 5 nitrogen and oxygen atoms in total. The molecule has 0 fully saturated rings. The van der Waals surface area contributed by atoms with Crippen molar-refractivity contribution in [1.82, 2.24) is 5.16 Å².